The van der Waals surface area contributed by atoms with Crippen LogP contribution < -0.4 is 9.80 Å². The molecule has 1 aromatic carbocycles. The summed E-state index contributed by atoms with van der Waals surface area (Å²) in [5.74, 6) is -1.30. The molecule has 0 spiro atoms. The van der Waals surface area contributed by atoms with Crippen LogP contribution >= 0.6 is 24.0 Å². The fraction of sp³-hybridized carbons (Fsp3) is 0.0556. The predicted octanol–water partition coefficient (Wildman–Crippen LogP) is 2.75. The van der Waals surface area contributed by atoms with Crippen LogP contribution in [0.15, 0.2) is 53.7 Å². The van der Waals surface area contributed by atoms with Gasteiger partial charge in [0.1, 0.15) is 0 Å². The monoisotopic (exact) mass is 381 g/mol. The van der Waals surface area contributed by atoms with E-state index in [9.17, 15) is 14.4 Å². The maximum Gasteiger partial charge on any atom is 0.271 e. The molecular weight excluding hydrogens is 370 g/mol. The molecule has 128 valence electrons. The van der Waals surface area contributed by atoms with Crippen molar-refractivity contribution in [2.45, 2.75) is 6.92 Å². The average molecular weight is 381 g/mol. The minimum absolute atomic E-state index is 0.208. The third-order valence-electron chi connectivity index (χ3n) is 4.05. The van der Waals surface area contributed by atoms with Crippen LogP contribution in [0.2, 0.25) is 0 Å². The molecule has 0 aliphatic carbocycles. The Hall–Kier alpha value is -2.84. The molecule has 3 amide bonds. The summed E-state index contributed by atoms with van der Waals surface area (Å²) in [6.45, 7) is 1.32. The van der Waals surface area contributed by atoms with Gasteiger partial charge >= 0.3 is 0 Å². The van der Waals surface area contributed by atoms with Gasteiger partial charge in [0.25, 0.3) is 11.8 Å². The van der Waals surface area contributed by atoms with E-state index in [1.807, 2.05) is 0 Å². The smallest absolute Gasteiger partial charge is 0.271 e. The number of benzene rings is 1. The second kappa shape index (κ2) is 6.15. The van der Waals surface area contributed by atoms with Gasteiger partial charge < -0.3 is 0 Å². The summed E-state index contributed by atoms with van der Waals surface area (Å²) in [6, 6.07) is 10.3. The number of amides is 3. The number of hydrogen-bond donors (Lipinski definition) is 0. The lowest BCUT2D eigenvalue weighted by Crippen LogP contribution is -2.32. The average Bonchev–Trinajstić information content (AvgIpc) is 3.08. The third-order valence-corrected chi connectivity index (χ3v) is 5.42. The Labute approximate surface area is 158 Å². The van der Waals surface area contributed by atoms with Gasteiger partial charge in [-0.25, -0.2) is 4.90 Å². The summed E-state index contributed by atoms with van der Waals surface area (Å²) in [5, 5.41) is 0. The fourth-order valence-electron chi connectivity index (χ4n) is 2.98. The van der Waals surface area contributed by atoms with Crippen LogP contribution in [-0.4, -0.2) is 27.0 Å². The number of carbonyl (C=O) groups is 3. The maximum atomic E-state index is 13.0. The number of thioether (sulfide) groups is 1. The van der Waals surface area contributed by atoms with Gasteiger partial charge in [0.2, 0.25) is 5.91 Å². The number of fused-ring (bicyclic) bond motifs is 1. The molecule has 0 unspecified atom stereocenters. The highest BCUT2D eigenvalue weighted by Gasteiger charge is 2.43. The zero-order valence-corrected chi connectivity index (χ0v) is 15.1. The molecule has 26 heavy (non-hydrogen) atoms. The summed E-state index contributed by atoms with van der Waals surface area (Å²) in [6.07, 6.45) is 3.13. The number of thiocarbonyl (C=S) groups is 1. The Morgan fingerprint density at radius 2 is 1.88 bits per heavy atom. The lowest BCUT2D eigenvalue weighted by molar-refractivity contribution is -0.122. The summed E-state index contributed by atoms with van der Waals surface area (Å²) >= 11 is 6.40. The molecule has 3 heterocycles. The Balaban J connectivity index is 1.88. The molecule has 1 aromatic heterocycles. The molecule has 0 radical (unpaired) electrons. The van der Waals surface area contributed by atoms with E-state index in [2.05, 4.69) is 4.98 Å². The number of rotatable bonds is 1. The lowest BCUT2D eigenvalue weighted by atomic mass is 10.1. The van der Waals surface area contributed by atoms with Gasteiger partial charge in [0.05, 0.1) is 28.0 Å². The van der Waals surface area contributed by atoms with Crippen LogP contribution in [0.3, 0.4) is 0 Å². The van der Waals surface area contributed by atoms with Crippen LogP contribution in [0.1, 0.15) is 12.5 Å². The van der Waals surface area contributed by atoms with Crippen LogP contribution in [-0.2, 0) is 14.4 Å². The normalized spacial score (nSPS) is 19.3. The number of carbonyl (C=O) groups excluding carboxylic acids is 3. The maximum absolute atomic E-state index is 13.0. The van der Waals surface area contributed by atoms with Crippen molar-refractivity contribution in [1.29, 1.82) is 0 Å². The predicted molar refractivity (Wildman–Crippen MR) is 103 cm³/mol. The minimum Gasteiger partial charge on any atom is -0.274 e. The van der Waals surface area contributed by atoms with Crippen LogP contribution in [0.4, 0.5) is 11.4 Å². The molecule has 2 aliphatic heterocycles. The molecule has 2 aliphatic rings. The van der Waals surface area contributed by atoms with Gasteiger partial charge in [-0.15, -0.1) is 0 Å². The first kappa shape index (κ1) is 16.6. The van der Waals surface area contributed by atoms with Crippen molar-refractivity contribution in [3.05, 3.63) is 59.3 Å². The van der Waals surface area contributed by atoms with E-state index >= 15 is 0 Å². The summed E-state index contributed by atoms with van der Waals surface area (Å²) in [7, 11) is 0. The van der Waals surface area contributed by atoms with Gasteiger partial charge in [0.15, 0.2) is 4.32 Å². The second-order valence-corrected chi connectivity index (χ2v) is 7.24. The van der Waals surface area contributed by atoms with E-state index in [1.165, 1.54) is 18.0 Å². The number of imide groups is 1. The second-order valence-electron chi connectivity index (χ2n) is 5.60. The van der Waals surface area contributed by atoms with Gasteiger partial charge in [-0.2, -0.15) is 0 Å². The Morgan fingerprint density at radius 1 is 1.12 bits per heavy atom. The van der Waals surface area contributed by atoms with E-state index in [4.69, 9.17) is 12.2 Å². The van der Waals surface area contributed by atoms with Crippen molar-refractivity contribution in [3.8, 4) is 0 Å². The van der Waals surface area contributed by atoms with Crippen LogP contribution in [0.5, 0.6) is 0 Å². The largest absolute Gasteiger partial charge is 0.274 e. The number of aromatic nitrogens is 1. The molecule has 0 saturated carbocycles. The SMILES string of the molecule is CC(=O)N1C(=O)/C(=C2\SC(=S)N(c3cccnc3)C2=O)c2ccccc21. The quantitative estimate of drug-likeness (QED) is 0.559. The third kappa shape index (κ3) is 2.38. The Morgan fingerprint density at radius 3 is 2.58 bits per heavy atom. The first-order valence-corrected chi connectivity index (χ1v) is 8.88. The first-order valence-electron chi connectivity index (χ1n) is 7.65. The molecular formula is C18H11N3O3S2. The van der Waals surface area contributed by atoms with Gasteiger partial charge in [0, 0.05) is 18.7 Å². The molecule has 0 atom stereocenters. The highest BCUT2D eigenvalue weighted by Crippen LogP contribution is 2.45. The van der Waals surface area contributed by atoms with E-state index in [0.29, 0.717) is 21.3 Å². The zero-order valence-electron chi connectivity index (χ0n) is 13.5. The van der Waals surface area contributed by atoms with E-state index in [1.54, 1.807) is 42.6 Å². The Kier molecular flexibility index (Phi) is 3.93. The van der Waals surface area contributed by atoms with E-state index in [0.717, 1.165) is 16.7 Å². The van der Waals surface area contributed by atoms with Gasteiger partial charge in [-0.05, 0) is 18.2 Å². The van der Waals surface area contributed by atoms with Crippen molar-refractivity contribution < 1.29 is 14.4 Å². The van der Waals surface area contributed by atoms with Gasteiger partial charge in [-0.3, -0.25) is 24.3 Å². The molecule has 4 rings (SSSR count). The highest BCUT2D eigenvalue weighted by atomic mass is 32.2. The number of para-hydroxylation sites is 1. The van der Waals surface area contributed by atoms with Crippen LogP contribution in [0, 0.1) is 0 Å². The number of pyridine rings is 1. The summed E-state index contributed by atoms with van der Waals surface area (Å²) in [4.78, 5) is 44.5. The molecule has 2 aromatic rings. The summed E-state index contributed by atoms with van der Waals surface area (Å²) in [5.41, 5.74) is 1.78. The van der Waals surface area contributed by atoms with Crippen molar-refractivity contribution in [2.24, 2.45) is 0 Å². The van der Waals surface area contributed by atoms with Crippen LogP contribution in [0.25, 0.3) is 5.57 Å². The molecule has 1 saturated heterocycles. The first-order chi connectivity index (χ1) is 12.5. The van der Waals surface area contributed by atoms with E-state index in [-0.39, 0.29) is 10.5 Å². The molecule has 0 bridgehead atoms. The molecule has 1 fully saturated rings. The van der Waals surface area contributed by atoms with Crippen molar-refractivity contribution in [3.63, 3.8) is 0 Å². The lowest BCUT2D eigenvalue weighted by Gasteiger charge is -2.13. The van der Waals surface area contributed by atoms with E-state index < -0.39 is 17.7 Å². The fourth-order valence-corrected chi connectivity index (χ4v) is 4.35. The number of anilines is 2. The molecule has 0 N–H and O–H groups in total. The molecule has 6 nitrogen and oxygen atoms in total. The summed E-state index contributed by atoms with van der Waals surface area (Å²) < 4.78 is 0.317. The topological polar surface area (TPSA) is 70.6 Å². The zero-order chi connectivity index (χ0) is 18.4. The van der Waals surface area contributed by atoms with Gasteiger partial charge in [-0.1, -0.05) is 42.2 Å². The minimum atomic E-state index is -0.509. The number of hydrogen-bond acceptors (Lipinski definition) is 6. The standard InChI is InChI=1S/C18H11N3O3S2/c1-10(22)20-13-7-3-2-6-12(13)14(16(20)23)15-17(24)21(18(25)26-15)11-5-4-8-19-9-11/h2-9H,1H3/b15-14-. The molecule has 8 heteroatoms. The van der Waals surface area contributed by atoms with Crippen molar-refractivity contribution in [1.82, 2.24) is 4.98 Å². The Bertz CT molecular complexity index is 1020. The highest BCUT2D eigenvalue weighted by molar-refractivity contribution is 8.27. The van der Waals surface area contributed by atoms with Crippen molar-refractivity contribution in [2.75, 3.05) is 9.80 Å². The number of nitrogens with zero attached hydrogens (tertiary/aromatic N) is 3. The van der Waals surface area contributed by atoms with Crippen molar-refractivity contribution >= 4 is 63.0 Å².